The van der Waals surface area contributed by atoms with E-state index in [9.17, 15) is 13.2 Å². The van der Waals surface area contributed by atoms with Crippen molar-refractivity contribution in [1.29, 1.82) is 0 Å². The Labute approximate surface area is 267 Å². The molecule has 3 N–H and O–H groups in total. The van der Waals surface area contributed by atoms with Crippen molar-refractivity contribution in [1.82, 2.24) is 19.9 Å². The van der Waals surface area contributed by atoms with Crippen LogP contribution < -0.4 is 10.0 Å². The molecule has 6 rings (SSSR count). The second-order valence-electron chi connectivity index (χ2n) is 14.7. The number of nitrogens with one attached hydrogen (secondary N) is 3. The van der Waals surface area contributed by atoms with Gasteiger partial charge < -0.3 is 15.2 Å². The minimum absolute atomic E-state index is 0.00133. The van der Waals surface area contributed by atoms with Gasteiger partial charge in [0.05, 0.1) is 10.9 Å². The van der Waals surface area contributed by atoms with Gasteiger partial charge in [-0.25, -0.2) is 13.1 Å². The van der Waals surface area contributed by atoms with Gasteiger partial charge in [-0.05, 0) is 126 Å². The number of piperidine rings is 2. The van der Waals surface area contributed by atoms with E-state index in [-0.39, 0.29) is 17.2 Å². The van der Waals surface area contributed by atoms with Crippen LogP contribution in [0.3, 0.4) is 0 Å². The van der Waals surface area contributed by atoms with E-state index < -0.39 is 15.3 Å². The van der Waals surface area contributed by atoms with E-state index in [1.54, 1.807) is 13.8 Å². The molecule has 2 bridgehead atoms. The Morgan fingerprint density at radius 3 is 2.36 bits per heavy atom. The second kappa shape index (κ2) is 12.2. The Balaban J connectivity index is 1.20. The molecule has 9 heteroatoms. The van der Waals surface area contributed by atoms with E-state index in [0.717, 1.165) is 58.2 Å². The van der Waals surface area contributed by atoms with Gasteiger partial charge in [0.1, 0.15) is 4.83 Å². The molecular weight excluding hydrogens is 589 g/mol. The van der Waals surface area contributed by atoms with Gasteiger partial charge in [0.2, 0.25) is 15.9 Å². The molecule has 0 radical (unpaired) electrons. The number of carbonyl (C=O) groups excluding carboxylic acids is 1. The highest BCUT2D eigenvalue weighted by Gasteiger charge is 2.49. The number of likely N-dealkylation sites (tertiary alicyclic amines) is 1. The number of thiophene rings is 1. The summed E-state index contributed by atoms with van der Waals surface area (Å²) in [5, 5.41) is 4.18. The van der Waals surface area contributed by atoms with E-state index in [1.165, 1.54) is 43.0 Å². The van der Waals surface area contributed by atoms with Crippen LogP contribution in [-0.2, 0) is 26.7 Å². The summed E-state index contributed by atoms with van der Waals surface area (Å²) < 4.78 is 27.3. The van der Waals surface area contributed by atoms with Gasteiger partial charge >= 0.3 is 0 Å². The number of nitrogens with zero attached hydrogens (tertiary/aromatic N) is 1. The zero-order valence-corrected chi connectivity index (χ0v) is 28.9. The molecule has 1 amide bonds. The van der Waals surface area contributed by atoms with Crippen LogP contribution in [0.5, 0.6) is 0 Å². The Morgan fingerprint density at radius 2 is 1.75 bits per heavy atom. The Kier molecular flexibility index (Phi) is 8.80. The van der Waals surface area contributed by atoms with Gasteiger partial charge in [-0.1, -0.05) is 31.0 Å². The lowest BCUT2D eigenvalue weighted by atomic mass is 9.78. The van der Waals surface area contributed by atoms with Gasteiger partial charge in [0.15, 0.2) is 0 Å². The minimum Gasteiger partial charge on any atom is -0.353 e. The molecule has 2 saturated heterocycles. The first kappa shape index (κ1) is 31.8. The SMILES string of the molecule is Cc1cc(C)cc(-c2[nH]c3sc(C(C)(C)CC4C5CCC4C(=O)N5)cc3c2CCN2CCC(CNS(=O)(=O)C(C)C)CC2)c1. The van der Waals surface area contributed by atoms with Crippen LogP contribution in [-0.4, -0.2) is 61.7 Å². The lowest BCUT2D eigenvalue weighted by molar-refractivity contribution is -0.124. The minimum atomic E-state index is -3.21. The Morgan fingerprint density at radius 1 is 1.05 bits per heavy atom. The van der Waals surface area contributed by atoms with Gasteiger partial charge in [-0.15, -0.1) is 11.3 Å². The zero-order chi connectivity index (χ0) is 31.4. The number of hydrogen-bond donors (Lipinski definition) is 3. The number of sulfonamides is 1. The summed E-state index contributed by atoms with van der Waals surface area (Å²) in [6.45, 7) is 16.0. The first-order valence-corrected chi connectivity index (χ1v) is 18.9. The zero-order valence-electron chi connectivity index (χ0n) is 27.3. The lowest BCUT2D eigenvalue weighted by Gasteiger charge is -2.32. The molecule has 3 atom stereocenters. The molecule has 7 nitrogen and oxygen atoms in total. The summed E-state index contributed by atoms with van der Waals surface area (Å²) >= 11 is 1.89. The van der Waals surface area contributed by atoms with E-state index in [1.807, 2.05) is 11.3 Å². The third-order valence-electron chi connectivity index (χ3n) is 10.6. The van der Waals surface area contributed by atoms with Crippen molar-refractivity contribution in [3.05, 3.63) is 45.8 Å². The molecule has 1 saturated carbocycles. The van der Waals surface area contributed by atoms with E-state index in [2.05, 4.69) is 71.9 Å². The predicted octanol–water partition coefficient (Wildman–Crippen LogP) is 6.29. The molecule has 2 aromatic heterocycles. The van der Waals surface area contributed by atoms with Gasteiger partial charge in [-0.3, -0.25) is 4.79 Å². The maximum absolute atomic E-state index is 12.4. The molecule has 1 aliphatic carbocycles. The molecule has 3 aromatic rings. The predicted molar refractivity (Wildman–Crippen MR) is 182 cm³/mol. The summed E-state index contributed by atoms with van der Waals surface area (Å²) in [6.07, 6.45) is 6.20. The Bertz CT molecular complexity index is 1610. The molecule has 3 aliphatic rings. The first-order chi connectivity index (χ1) is 20.8. The molecule has 240 valence electrons. The van der Waals surface area contributed by atoms with Crippen molar-refractivity contribution in [3.63, 3.8) is 0 Å². The smallest absolute Gasteiger partial charge is 0.223 e. The van der Waals surface area contributed by atoms with E-state index in [4.69, 9.17) is 0 Å². The lowest BCUT2D eigenvalue weighted by Crippen LogP contribution is -2.40. The van der Waals surface area contributed by atoms with Crippen molar-refractivity contribution in [2.75, 3.05) is 26.2 Å². The van der Waals surface area contributed by atoms with E-state index >= 15 is 0 Å². The summed E-state index contributed by atoms with van der Waals surface area (Å²) in [5.74, 6) is 1.29. The van der Waals surface area contributed by atoms with Crippen LogP contribution >= 0.6 is 11.3 Å². The third kappa shape index (κ3) is 6.39. The van der Waals surface area contributed by atoms with Gasteiger partial charge in [0, 0.05) is 35.3 Å². The number of benzene rings is 1. The van der Waals surface area contributed by atoms with Crippen molar-refractivity contribution in [3.8, 4) is 11.3 Å². The average Bonchev–Trinajstić information content (AvgIpc) is 3.70. The standard InChI is InChI=1S/C35H50N4O3S2/c1-21(2)44(41,42)36-20-24-9-12-39(13-10-24)14-11-26-28-18-31(35(5,6)19-29-27-7-8-30(29)37-33(27)40)43-34(28)38-32(26)25-16-22(3)15-23(4)17-25/h15-18,21,24,27,29-30,36,38H,7-14,19-20H2,1-6H3,(H,37,40). The van der Waals surface area contributed by atoms with Crippen molar-refractivity contribution >= 4 is 37.5 Å². The normalized spacial score (nSPS) is 23.3. The largest absolute Gasteiger partial charge is 0.353 e. The van der Waals surface area contributed by atoms with Crippen LogP contribution in [0, 0.1) is 31.6 Å². The number of aromatic nitrogens is 1. The highest BCUT2D eigenvalue weighted by molar-refractivity contribution is 7.90. The summed E-state index contributed by atoms with van der Waals surface area (Å²) in [4.78, 5) is 21.5. The van der Waals surface area contributed by atoms with Crippen LogP contribution in [0.15, 0.2) is 24.3 Å². The first-order valence-electron chi connectivity index (χ1n) is 16.6. The maximum atomic E-state index is 12.4. The molecule has 3 fully saturated rings. The summed E-state index contributed by atoms with van der Waals surface area (Å²) in [7, 11) is -3.21. The number of H-pyrrole nitrogens is 1. The summed E-state index contributed by atoms with van der Waals surface area (Å²) in [6, 6.07) is 9.61. The van der Waals surface area contributed by atoms with Gasteiger partial charge in [-0.2, -0.15) is 0 Å². The van der Waals surface area contributed by atoms with Crippen molar-refractivity contribution < 1.29 is 13.2 Å². The summed E-state index contributed by atoms with van der Waals surface area (Å²) in [5.41, 5.74) is 6.44. The number of aromatic amines is 1. The maximum Gasteiger partial charge on any atom is 0.223 e. The fourth-order valence-electron chi connectivity index (χ4n) is 7.91. The van der Waals surface area contributed by atoms with E-state index in [0.29, 0.717) is 24.4 Å². The molecule has 44 heavy (non-hydrogen) atoms. The number of hydrogen-bond acceptors (Lipinski definition) is 5. The van der Waals surface area contributed by atoms with Crippen LogP contribution in [0.25, 0.3) is 21.5 Å². The van der Waals surface area contributed by atoms with Crippen molar-refractivity contribution in [2.24, 2.45) is 17.8 Å². The second-order valence-corrected chi connectivity index (χ2v) is 18.1. The number of aryl methyl sites for hydroxylation is 2. The monoisotopic (exact) mass is 638 g/mol. The highest BCUT2D eigenvalue weighted by atomic mass is 32.2. The topological polar surface area (TPSA) is 94.3 Å². The Hall–Kier alpha value is -2.20. The molecular formula is C35H50N4O3S2. The number of rotatable bonds is 11. The average molecular weight is 639 g/mol. The molecule has 4 heterocycles. The highest BCUT2D eigenvalue weighted by Crippen LogP contribution is 2.48. The molecule has 2 aliphatic heterocycles. The third-order valence-corrected chi connectivity index (χ3v) is 13.8. The quantitative estimate of drug-likeness (QED) is 0.230. The molecule has 3 unspecified atom stereocenters. The fraction of sp³-hybridized carbons (Fsp3) is 0.629. The fourth-order valence-corrected chi connectivity index (χ4v) is 9.91. The van der Waals surface area contributed by atoms with Crippen LogP contribution in [0.1, 0.15) is 81.4 Å². The van der Waals surface area contributed by atoms with Crippen molar-refractivity contribution in [2.45, 2.75) is 96.8 Å². The van der Waals surface area contributed by atoms with Gasteiger partial charge in [0.25, 0.3) is 0 Å². The number of amides is 1. The molecule has 0 spiro atoms. The van der Waals surface area contributed by atoms with Crippen LogP contribution in [0.4, 0.5) is 0 Å². The number of carbonyl (C=O) groups is 1. The van der Waals surface area contributed by atoms with Crippen LogP contribution in [0.2, 0.25) is 0 Å². The molecule has 1 aromatic carbocycles. The number of fused-ring (bicyclic) bond motifs is 3.